The maximum absolute atomic E-state index is 12.9. The third kappa shape index (κ3) is 3.53. The number of hydrogen-bond donors (Lipinski definition) is 1. The van der Waals surface area contributed by atoms with E-state index in [4.69, 9.17) is 9.47 Å². The van der Waals surface area contributed by atoms with Crippen molar-refractivity contribution in [1.29, 1.82) is 0 Å². The summed E-state index contributed by atoms with van der Waals surface area (Å²) < 4.78 is 41.4. The van der Waals surface area contributed by atoms with Gasteiger partial charge in [0.1, 0.15) is 25.4 Å². The smallest absolute Gasteiger partial charge is 0.262 e. The molecule has 0 radical (unpaired) electrons. The maximum atomic E-state index is 12.9. The summed E-state index contributed by atoms with van der Waals surface area (Å²) in [6.07, 6.45) is 3.56. The van der Waals surface area contributed by atoms with Gasteiger partial charge >= 0.3 is 0 Å². The average Bonchev–Trinajstić information content (AvgIpc) is 3.21. The van der Waals surface area contributed by atoms with E-state index >= 15 is 0 Å². The number of nitrogens with one attached hydrogen (secondary N) is 1. The lowest BCUT2D eigenvalue weighted by molar-refractivity contribution is 0.171. The zero-order valence-corrected chi connectivity index (χ0v) is 16.4. The largest absolute Gasteiger partial charge is 0.486 e. The molecule has 150 valence electrons. The Kier molecular flexibility index (Phi) is 4.39. The van der Waals surface area contributed by atoms with Crippen molar-refractivity contribution in [3.8, 4) is 11.5 Å². The molecule has 8 nitrogen and oxygen atoms in total. The fraction of sp³-hybridized carbons (Fsp3) is 0.300. The molecular weight excluding hydrogens is 392 g/mol. The van der Waals surface area contributed by atoms with Crippen LogP contribution in [0.5, 0.6) is 11.5 Å². The first-order valence-electron chi connectivity index (χ1n) is 9.48. The Bertz CT molecular complexity index is 1160. The van der Waals surface area contributed by atoms with Gasteiger partial charge in [0, 0.05) is 30.6 Å². The minimum Gasteiger partial charge on any atom is -0.486 e. The van der Waals surface area contributed by atoms with Gasteiger partial charge in [0.25, 0.3) is 10.0 Å². The zero-order chi connectivity index (χ0) is 19.8. The number of aryl methyl sites for hydroxylation is 1. The van der Waals surface area contributed by atoms with Crippen molar-refractivity contribution < 1.29 is 17.9 Å². The van der Waals surface area contributed by atoms with Crippen LogP contribution >= 0.6 is 0 Å². The quantitative estimate of drug-likeness (QED) is 0.708. The lowest BCUT2D eigenvalue weighted by Gasteiger charge is -2.24. The van der Waals surface area contributed by atoms with Gasteiger partial charge in [0.15, 0.2) is 11.5 Å². The van der Waals surface area contributed by atoms with Crippen molar-refractivity contribution in [2.45, 2.75) is 30.2 Å². The van der Waals surface area contributed by atoms with Gasteiger partial charge in [-0.15, -0.1) is 10.2 Å². The van der Waals surface area contributed by atoms with Gasteiger partial charge in [0.05, 0.1) is 4.90 Å². The molecule has 5 rings (SSSR count). The molecule has 0 amide bonds. The highest BCUT2D eigenvalue weighted by atomic mass is 32.2. The molecule has 0 bridgehead atoms. The number of anilines is 1. The van der Waals surface area contributed by atoms with Gasteiger partial charge in [-0.2, -0.15) is 0 Å². The monoisotopic (exact) mass is 412 g/mol. The van der Waals surface area contributed by atoms with Gasteiger partial charge in [-0.3, -0.25) is 4.72 Å². The summed E-state index contributed by atoms with van der Waals surface area (Å²) in [5.41, 5.74) is 1.62. The fourth-order valence-corrected chi connectivity index (χ4v) is 4.85. The molecule has 0 fully saturated rings. The number of ether oxygens (including phenoxy) is 2. The van der Waals surface area contributed by atoms with Gasteiger partial charge in [0.2, 0.25) is 0 Å². The minimum atomic E-state index is -3.74. The van der Waals surface area contributed by atoms with Crippen LogP contribution in [0.3, 0.4) is 0 Å². The van der Waals surface area contributed by atoms with Crippen LogP contribution < -0.4 is 14.2 Å². The van der Waals surface area contributed by atoms with Gasteiger partial charge < -0.3 is 14.0 Å². The number of aromatic nitrogens is 3. The molecular formula is C20H20N4O4S. The molecule has 2 aliphatic heterocycles. The van der Waals surface area contributed by atoms with Gasteiger partial charge in [-0.05, 0) is 36.2 Å². The lowest BCUT2D eigenvalue weighted by Crippen LogP contribution is -2.19. The minimum absolute atomic E-state index is 0.138. The highest BCUT2D eigenvalue weighted by molar-refractivity contribution is 7.92. The van der Waals surface area contributed by atoms with Gasteiger partial charge in [-0.1, -0.05) is 12.1 Å². The van der Waals surface area contributed by atoms with Crippen molar-refractivity contribution in [2.24, 2.45) is 0 Å². The lowest BCUT2D eigenvalue weighted by atomic mass is 9.91. The topological polar surface area (TPSA) is 95.3 Å². The summed E-state index contributed by atoms with van der Waals surface area (Å²) >= 11 is 0. The molecule has 1 unspecified atom stereocenters. The van der Waals surface area contributed by atoms with Crippen LogP contribution in [0.2, 0.25) is 0 Å². The summed E-state index contributed by atoms with van der Waals surface area (Å²) in [7, 11) is -3.74. The molecule has 1 aromatic heterocycles. The molecule has 0 aliphatic carbocycles. The first kappa shape index (κ1) is 18.0. The summed E-state index contributed by atoms with van der Waals surface area (Å²) in [6, 6.07) is 12.2. The van der Waals surface area contributed by atoms with E-state index in [9.17, 15) is 8.42 Å². The van der Waals surface area contributed by atoms with Crippen molar-refractivity contribution in [3.63, 3.8) is 0 Å². The number of hydrogen-bond acceptors (Lipinski definition) is 6. The average molecular weight is 412 g/mol. The van der Waals surface area contributed by atoms with E-state index in [2.05, 4.69) is 19.5 Å². The Morgan fingerprint density at radius 3 is 2.83 bits per heavy atom. The standard InChI is InChI=1S/C20H20N4O4S/c25-29(26,17-5-6-18-19(11-17)28-9-8-27-18)23-16-3-1-2-14(10-16)15-4-7-20-22-21-13-24(20)12-15/h1-3,5-6,10-11,13,15,23H,4,7-9,12H2. The van der Waals surface area contributed by atoms with Crippen molar-refractivity contribution in [1.82, 2.24) is 14.8 Å². The Hall–Kier alpha value is -3.07. The number of rotatable bonds is 4. The first-order chi connectivity index (χ1) is 14.1. The molecule has 9 heteroatoms. The predicted molar refractivity (Wildman–Crippen MR) is 106 cm³/mol. The van der Waals surface area contributed by atoms with E-state index in [0.29, 0.717) is 30.4 Å². The maximum Gasteiger partial charge on any atom is 0.262 e. The molecule has 2 aromatic carbocycles. The molecule has 3 aromatic rings. The molecule has 29 heavy (non-hydrogen) atoms. The second-order valence-electron chi connectivity index (χ2n) is 7.17. The second-order valence-corrected chi connectivity index (χ2v) is 8.85. The van der Waals surface area contributed by atoms with E-state index in [1.165, 1.54) is 12.1 Å². The molecule has 3 heterocycles. The number of benzene rings is 2. The predicted octanol–water partition coefficient (Wildman–Crippen LogP) is 2.58. The molecule has 0 saturated heterocycles. The molecule has 1 atom stereocenters. The second kappa shape index (κ2) is 7.07. The molecule has 0 saturated carbocycles. The van der Waals surface area contributed by atoms with Crippen LogP contribution in [0.4, 0.5) is 5.69 Å². The number of fused-ring (bicyclic) bond motifs is 2. The highest BCUT2D eigenvalue weighted by Crippen LogP contribution is 2.33. The van der Waals surface area contributed by atoms with Crippen LogP contribution in [-0.4, -0.2) is 36.4 Å². The van der Waals surface area contributed by atoms with Crippen molar-refractivity contribution in [2.75, 3.05) is 17.9 Å². The van der Waals surface area contributed by atoms with Crippen LogP contribution in [0.15, 0.2) is 53.7 Å². The van der Waals surface area contributed by atoms with E-state index in [1.54, 1.807) is 18.5 Å². The van der Waals surface area contributed by atoms with Gasteiger partial charge in [-0.25, -0.2) is 8.42 Å². The van der Waals surface area contributed by atoms with E-state index in [1.807, 2.05) is 18.2 Å². The fourth-order valence-electron chi connectivity index (χ4n) is 3.79. The van der Waals surface area contributed by atoms with E-state index in [0.717, 1.165) is 30.8 Å². The van der Waals surface area contributed by atoms with Crippen LogP contribution in [-0.2, 0) is 23.0 Å². The van der Waals surface area contributed by atoms with E-state index in [-0.39, 0.29) is 10.8 Å². The Labute approximate surface area is 168 Å². The van der Waals surface area contributed by atoms with Crippen molar-refractivity contribution >= 4 is 15.7 Å². The summed E-state index contributed by atoms with van der Waals surface area (Å²) in [5, 5.41) is 8.08. The zero-order valence-electron chi connectivity index (χ0n) is 15.6. The number of nitrogens with zero attached hydrogens (tertiary/aromatic N) is 3. The molecule has 1 N–H and O–H groups in total. The Morgan fingerprint density at radius 2 is 1.93 bits per heavy atom. The summed E-state index contributed by atoms with van der Waals surface area (Å²) in [6.45, 7) is 1.66. The summed E-state index contributed by atoms with van der Waals surface area (Å²) in [5.74, 6) is 2.29. The number of sulfonamides is 1. The normalized spacial score (nSPS) is 18.1. The van der Waals surface area contributed by atoms with Crippen LogP contribution in [0, 0.1) is 0 Å². The van der Waals surface area contributed by atoms with Crippen LogP contribution in [0.25, 0.3) is 0 Å². The Balaban J connectivity index is 1.37. The first-order valence-corrected chi connectivity index (χ1v) is 11.0. The van der Waals surface area contributed by atoms with Crippen LogP contribution in [0.1, 0.15) is 23.7 Å². The molecule has 2 aliphatic rings. The van der Waals surface area contributed by atoms with E-state index < -0.39 is 10.0 Å². The third-order valence-electron chi connectivity index (χ3n) is 5.26. The van der Waals surface area contributed by atoms with Crippen molar-refractivity contribution in [3.05, 3.63) is 60.2 Å². The molecule has 0 spiro atoms. The highest BCUT2D eigenvalue weighted by Gasteiger charge is 2.23. The summed E-state index contributed by atoms with van der Waals surface area (Å²) in [4.78, 5) is 0.138. The Morgan fingerprint density at radius 1 is 1.07 bits per heavy atom. The SMILES string of the molecule is O=S(=O)(Nc1cccc(C2CCc3nncn3C2)c1)c1ccc2c(c1)OCCO2. The third-order valence-corrected chi connectivity index (χ3v) is 6.64.